The minimum Gasteiger partial charge on any atom is -0.493 e. The molecule has 1 unspecified atom stereocenters. The van der Waals surface area contributed by atoms with Gasteiger partial charge in [-0.15, -0.1) is 11.8 Å². The maximum atomic E-state index is 13.6. The molecule has 0 bridgehead atoms. The Bertz CT molecular complexity index is 1130. The summed E-state index contributed by atoms with van der Waals surface area (Å²) >= 11 is 1.56. The van der Waals surface area contributed by atoms with Gasteiger partial charge in [-0.25, -0.2) is 0 Å². The molecule has 36 heavy (non-hydrogen) atoms. The van der Waals surface area contributed by atoms with Crippen LogP contribution < -0.4 is 9.47 Å². The Morgan fingerprint density at radius 3 is 2.42 bits per heavy atom. The number of methoxy groups -OCH3 is 1. The van der Waals surface area contributed by atoms with Gasteiger partial charge in [0.2, 0.25) is 5.91 Å². The van der Waals surface area contributed by atoms with Crippen LogP contribution in [0.2, 0.25) is 0 Å². The molecule has 2 atom stereocenters. The zero-order valence-electron chi connectivity index (χ0n) is 20.7. The molecule has 1 aliphatic carbocycles. The molecule has 5 rings (SSSR count). The predicted molar refractivity (Wildman–Crippen MR) is 143 cm³/mol. The van der Waals surface area contributed by atoms with E-state index in [0.29, 0.717) is 18.8 Å². The van der Waals surface area contributed by atoms with Crippen LogP contribution in [0.25, 0.3) is 0 Å². The monoisotopic (exact) mass is 503 g/mol. The molecule has 0 spiro atoms. The van der Waals surface area contributed by atoms with Crippen LogP contribution >= 0.6 is 11.8 Å². The number of carbonyl (C=O) groups is 1. The molecule has 0 aromatic heterocycles. The van der Waals surface area contributed by atoms with Gasteiger partial charge in [0.15, 0.2) is 11.5 Å². The third-order valence-electron chi connectivity index (χ3n) is 6.90. The van der Waals surface area contributed by atoms with Gasteiger partial charge in [-0.3, -0.25) is 4.79 Å². The molecule has 1 amide bonds. The molecule has 3 aromatic rings. The van der Waals surface area contributed by atoms with Gasteiger partial charge in [0.05, 0.1) is 31.6 Å². The van der Waals surface area contributed by atoms with Crippen molar-refractivity contribution in [2.75, 3.05) is 19.5 Å². The van der Waals surface area contributed by atoms with Crippen LogP contribution in [0.1, 0.15) is 42.9 Å². The highest BCUT2D eigenvalue weighted by Crippen LogP contribution is 2.36. The Morgan fingerprint density at radius 1 is 0.972 bits per heavy atom. The Labute approximate surface area is 217 Å². The Balaban J connectivity index is 1.35. The van der Waals surface area contributed by atoms with E-state index in [1.807, 2.05) is 65.6 Å². The molecule has 1 aliphatic heterocycles. The average molecular weight is 504 g/mol. The molecule has 0 radical (unpaired) electrons. The molecule has 3 aromatic carbocycles. The second-order valence-electron chi connectivity index (χ2n) is 9.33. The van der Waals surface area contributed by atoms with Gasteiger partial charge in [-0.2, -0.15) is 0 Å². The lowest BCUT2D eigenvalue weighted by molar-refractivity contribution is -0.134. The molecule has 2 fully saturated rings. The molecule has 6 heteroatoms. The summed E-state index contributed by atoms with van der Waals surface area (Å²) in [5, 5.41) is 0. The van der Waals surface area contributed by atoms with Gasteiger partial charge < -0.3 is 19.1 Å². The quantitative estimate of drug-likeness (QED) is 0.322. The summed E-state index contributed by atoms with van der Waals surface area (Å²) in [6.45, 7) is 0.484. The summed E-state index contributed by atoms with van der Waals surface area (Å²) in [7, 11) is 1.67. The van der Waals surface area contributed by atoms with Crippen LogP contribution in [0.3, 0.4) is 0 Å². The number of nitrogens with zero attached hydrogens (tertiary/aromatic N) is 1. The molecule has 188 valence electrons. The van der Waals surface area contributed by atoms with Crippen molar-refractivity contribution in [3.05, 3.63) is 90.0 Å². The fraction of sp³-hybridized carbons (Fsp3) is 0.367. The summed E-state index contributed by atoms with van der Waals surface area (Å²) < 4.78 is 18.1. The molecular formula is C30H33NO4S. The van der Waals surface area contributed by atoms with E-state index < -0.39 is 0 Å². The first-order chi connectivity index (χ1) is 17.7. The number of ether oxygens (including phenoxy) is 3. The lowest BCUT2D eigenvalue weighted by Gasteiger charge is -2.29. The van der Waals surface area contributed by atoms with Crippen molar-refractivity contribution in [1.82, 2.24) is 4.90 Å². The highest BCUT2D eigenvalue weighted by atomic mass is 32.2. The van der Waals surface area contributed by atoms with Crippen molar-refractivity contribution in [2.45, 2.75) is 55.4 Å². The smallest absolute Gasteiger partial charge is 0.235 e. The van der Waals surface area contributed by atoms with Gasteiger partial charge in [-0.1, -0.05) is 54.6 Å². The number of rotatable bonds is 9. The van der Waals surface area contributed by atoms with E-state index in [0.717, 1.165) is 40.4 Å². The number of hydrogen-bond acceptors (Lipinski definition) is 5. The number of benzene rings is 3. The van der Waals surface area contributed by atoms with E-state index in [1.54, 1.807) is 18.9 Å². The normalized spacial score (nSPS) is 20.0. The third kappa shape index (κ3) is 5.88. The van der Waals surface area contributed by atoms with Crippen molar-refractivity contribution in [2.24, 2.45) is 0 Å². The summed E-state index contributed by atoms with van der Waals surface area (Å²) in [5.74, 6) is 1.96. The van der Waals surface area contributed by atoms with Crippen molar-refractivity contribution < 1.29 is 19.0 Å². The van der Waals surface area contributed by atoms with Gasteiger partial charge in [-0.05, 0) is 61.1 Å². The van der Waals surface area contributed by atoms with E-state index in [2.05, 4.69) is 18.2 Å². The van der Waals surface area contributed by atoms with E-state index in [9.17, 15) is 4.79 Å². The molecule has 1 saturated heterocycles. The maximum absolute atomic E-state index is 13.6. The van der Waals surface area contributed by atoms with Crippen LogP contribution in [0.5, 0.6) is 11.5 Å². The standard InChI is InChI=1S/C30H33NO4S/c1-33-27-17-16-22(18-28(27)35-24-12-8-9-13-24)19-30-31(26(20-34-30)23-10-4-2-5-11-23)29(32)21-36-25-14-6-3-7-15-25/h2-7,10-11,14-18,24,26,30H,8-9,12-13,19-21H2,1H3/t26-,30?/m0/s1. The largest absolute Gasteiger partial charge is 0.493 e. The predicted octanol–water partition coefficient (Wildman–Crippen LogP) is 6.28. The summed E-state index contributed by atoms with van der Waals surface area (Å²) in [6, 6.07) is 26.2. The molecule has 5 nitrogen and oxygen atoms in total. The van der Waals surface area contributed by atoms with Gasteiger partial charge >= 0.3 is 0 Å². The van der Waals surface area contributed by atoms with Crippen molar-refractivity contribution in [1.29, 1.82) is 0 Å². The van der Waals surface area contributed by atoms with Crippen LogP contribution in [-0.4, -0.2) is 42.6 Å². The SMILES string of the molecule is COc1ccc(CC2OC[C@@H](c3ccccc3)N2C(=O)CSc2ccccc2)cc1OC1CCCC1. The highest BCUT2D eigenvalue weighted by molar-refractivity contribution is 8.00. The van der Waals surface area contributed by atoms with E-state index in [-0.39, 0.29) is 24.3 Å². The van der Waals surface area contributed by atoms with Crippen molar-refractivity contribution in [3.8, 4) is 11.5 Å². The van der Waals surface area contributed by atoms with Crippen LogP contribution in [-0.2, 0) is 16.0 Å². The second-order valence-corrected chi connectivity index (χ2v) is 10.4. The van der Waals surface area contributed by atoms with Gasteiger partial charge in [0, 0.05) is 11.3 Å². The highest BCUT2D eigenvalue weighted by Gasteiger charge is 2.38. The summed E-state index contributed by atoms with van der Waals surface area (Å²) in [6.07, 6.45) is 5.08. The second kappa shape index (κ2) is 11.8. The first-order valence-electron chi connectivity index (χ1n) is 12.7. The van der Waals surface area contributed by atoms with Crippen molar-refractivity contribution >= 4 is 17.7 Å². The zero-order chi connectivity index (χ0) is 24.7. The molecule has 1 saturated carbocycles. The third-order valence-corrected chi connectivity index (χ3v) is 7.90. The topological polar surface area (TPSA) is 48.0 Å². The summed E-state index contributed by atoms with van der Waals surface area (Å²) in [5.41, 5.74) is 2.16. The van der Waals surface area contributed by atoms with Gasteiger partial charge in [0.25, 0.3) is 0 Å². The first kappa shape index (κ1) is 24.7. The van der Waals surface area contributed by atoms with Crippen LogP contribution in [0.4, 0.5) is 0 Å². The minimum atomic E-state index is -0.341. The molecular weight excluding hydrogens is 470 g/mol. The van der Waals surface area contributed by atoms with Crippen molar-refractivity contribution in [3.63, 3.8) is 0 Å². The fourth-order valence-corrected chi connectivity index (χ4v) is 5.84. The Hall–Kier alpha value is -2.96. The molecule has 2 aliphatic rings. The average Bonchev–Trinajstić information content (AvgIpc) is 3.59. The van der Waals surface area contributed by atoms with Crippen LogP contribution in [0.15, 0.2) is 83.8 Å². The van der Waals surface area contributed by atoms with Gasteiger partial charge in [0.1, 0.15) is 6.23 Å². The number of carbonyl (C=O) groups excluding carboxylic acids is 1. The fourth-order valence-electron chi connectivity index (χ4n) is 5.05. The minimum absolute atomic E-state index is 0.0798. The van der Waals surface area contributed by atoms with E-state index >= 15 is 0 Å². The lowest BCUT2D eigenvalue weighted by Crippen LogP contribution is -2.40. The van der Waals surface area contributed by atoms with E-state index in [1.165, 1.54) is 12.8 Å². The van der Waals surface area contributed by atoms with Crippen LogP contribution in [0, 0.1) is 0 Å². The lowest BCUT2D eigenvalue weighted by atomic mass is 10.1. The Kier molecular flexibility index (Phi) is 8.14. The Morgan fingerprint density at radius 2 is 1.69 bits per heavy atom. The summed E-state index contributed by atoms with van der Waals surface area (Å²) in [4.78, 5) is 16.6. The zero-order valence-corrected chi connectivity index (χ0v) is 21.5. The van der Waals surface area contributed by atoms with E-state index in [4.69, 9.17) is 14.2 Å². The molecule has 0 N–H and O–H groups in total. The maximum Gasteiger partial charge on any atom is 0.235 e. The first-order valence-corrected chi connectivity index (χ1v) is 13.7. The number of hydrogen-bond donors (Lipinski definition) is 0. The number of thioether (sulfide) groups is 1. The molecule has 1 heterocycles. The number of amides is 1.